The summed E-state index contributed by atoms with van der Waals surface area (Å²) in [5.74, 6) is -2.54. The Morgan fingerprint density at radius 2 is 1.97 bits per heavy atom. The number of amides is 1. The summed E-state index contributed by atoms with van der Waals surface area (Å²) in [5.41, 5.74) is 1.21. The zero-order chi connectivity index (χ0) is 27.9. The molecule has 0 saturated heterocycles. The number of benzene rings is 2. The fourth-order valence-electron chi connectivity index (χ4n) is 4.60. The Morgan fingerprint density at radius 3 is 2.56 bits per heavy atom. The van der Waals surface area contributed by atoms with Crippen LogP contribution in [0.1, 0.15) is 61.2 Å². The lowest BCUT2D eigenvalue weighted by Crippen LogP contribution is -2.39. The number of carbonyl (C=O) groups is 3. The third kappa shape index (κ3) is 5.70. The molecule has 0 fully saturated rings. The van der Waals surface area contributed by atoms with E-state index in [0.717, 1.165) is 0 Å². The van der Waals surface area contributed by atoms with Gasteiger partial charge in [0.15, 0.2) is 29.2 Å². The van der Waals surface area contributed by atoms with Crippen LogP contribution in [0, 0.1) is 11.2 Å². The molecule has 2 heterocycles. The number of carbonyl (C=O) groups excluding carboxylic acids is 2. The molecule has 1 amide bonds. The zero-order valence-corrected chi connectivity index (χ0v) is 24.0. The standard InChI is InChI=1S/C27H30FN3O7.BrH/c1-6-37-18-9-14-11-31(25(29)21(14)22(28)24(18)36-5)12-17(32)13-7-15(27(2,3)4)23-16(8-13)30-26(35)19(38-23)10-20(33)34;/h7-9,19,29H,6,10-12H2,1-5H3,(H,30,35)(H,33,34);1H. The van der Waals surface area contributed by atoms with Crippen LogP contribution in [0.15, 0.2) is 18.2 Å². The van der Waals surface area contributed by atoms with Gasteiger partial charge in [0.1, 0.15) is 11.6 Å². The molecule has 2 aromatic carbocycles. The molecule has 0 spiro atoms. The summed E-state index contributed by atoms with van der Waals surface area (Å²) in [6.07, 6.45) is -1.70. The molecule has 210 valence electrons. The first kappa shape index (κ1) is 29.9. The van der Waals surface area contributed by atoms with Crippen LogP contribution >= 0.6 is 17.0 Å². The van der Waals surface area contributed by atoms with E-state index in [-0.39, 0.29) is 70.0 Å². The number of rotatable bonds is 8. The number of carboxylic acids is 1. The van der Waals surface area contributed by atoms with Gasteiger partial charge in [0, 0.05) is 17.7 Å². The quantitative estimate of drug-likeness (QED) is 0.377. The number of amidine groups is 1. The predicted octanol–water partition coefficient (Wildman–Crippen LogP) is 4.31. The lowest BCUT2D eigenvalue weighted by Gasteiger charge is -2.31. The molecule has 1 atom stereocenters. The lowest BCUT2D eigenvalue weighted by atomic mass is 9.84. The normalized spacial score (nSPS) is 15.9. The molecule has 39 heavy (non-hydrogen) atoms. The fourth-order valence-corrected chi connectivity index (χ4v) is 4.60. The summed E-state index contributed by atoms with van der Waals surface area (Å²) in [7, 11) is 1.32. The van der Waals surface area contributed by atoms with Gasteiger partial charge in [-0.1, -0.05) is 20.8 Å². The van der Waals surface area contributed by atoms with Crippen molar-refractivity contribution in [1.29, 1.82) is 5.41 Å². The van der Waals surface area contributed by atoms with Gasteiger partial charge in [-0.2, -0.15) is 0 Å². The lowest BCUT2D eigenvalue weighted by molar-refractivity contribution is -0.142. The van der Waals surface area contributed by atoms with Gasteiger partial charge in [-0.25, -0.2) is 4.39 Å². The maximum atomic E-state index is 15.2. The first-order valence-electron chi connectivity index (χ1n) is 12.1. The summed E-state index contributed by atoms with van der Waals surface area (Å²) in [5, 5.41) is 20.3. The molecule has 0 radical (unpaired) electrons. The number of ether oxygens (including phenoxy) is 3. The molecule has 12 heteroatoms. The molecule has 0 aromatic heterocycles. The number of ketones is 1. The number of fused-ring (bicyclic) bond motifs is 2. The van der Waals surface area contributed by atoms with Crippen LogP contribution in [0.5, 0.6) is 17.2 Å². The molecular formula is C27H31BrFN3O7. The fraction of sp³-hybridized carbons (Fsp3) is 0.407. The van der Waals surface area contributed by atoms with E-state index in [1.165, 1.54) is 18.1 Å². The van der Waals surface area contributed by atoms with E-state index in [9.17, 15) is 14.4 Å². The number of nitrogens with one attached hydrogen (secondary N) is 2. The molecule has 3 N–H and O–H groups in total. The van der Waals surface area contributed by atoms with Crippen LogP contribution in [-0.4, -0.2) is 59.9 Å². The van der Waals surface area contributed by atoms with Gasteiger partial charge >= 0.3 is 5.97 Å². The highest BCUT2D eigenvalue weighted by atomic mass is 79.9. The zero-order valence-electron chi connectivity index (χ0n) is 22.3. The van der Waals surface area contributed by atoms with Crippen molar-refractivity contribution in [3.05, 3.63) is 46.3 Å². The molecule has 4 rings (SSSR count). The first-order chi connectivity index (χ1) is 17.8. The number of hydrogen-bond donors (Lipinski definition) is 3. The highest BCUT2D eigenvalue weighted by Gasteiger charge is 2.36. The van der Waals surface area contributed by atoms with Crippen molar-refractivity contribution in [2.45, 2.75) is 52.2 Å². The van der Waals surface area contributed by atoms with E-state index in [1.807, 2.05) is 20.8 Å². The SMILES string of the molecule is Br.CCOc1cc2c(c(F)c1OC)C(=N)N(CC(=O)c1cc3c(c(C(C)(C)C)c1)OC(CC(=O)O)C(=O)N3)C2. The molecule has 0 bridgehead atoms. The second-order valence-electron chi connectivity index (χ2n) is 10.2. The molecule has 10 nitrogen and oxygen atoms in total. The predicted molar refractivity (Wildman–Crippen MR) is 146 cm³/mol. The minimum absolute atomic E-state index is 0. The summed E-state index contributed by atoms with van der Waals surface area (Å²) >= 11 is 0. The number of hydrogen-bond acceptors (Lipinski definition) is 7. The van der Waals surface area contributed by atoms with Crippen LogP contribution in [0.3, 0.4) is 0 Å². The van der Waals surface area contributed by atoms with E-state index in [2.05, 4.69) is 5.32 Å². The van der Waals surface area contributed by atoms with Crippen molar-refractivity contribution in [2.75, 3.05) is 25.6 Å². The largest absolute Gasteiger partial charge is 0.490 e. The Balaban J connectivity index is 0.00000420. The highest BCUT2D eigenvalue weighted by molar-refractivity contribution is 8.93. The average molecular weight is 608 g/mol. The molecule has 2 aliphatic heterocycles. The van der Waals surface area contributed by atoms with Crippen LogP contribution in [-0.2, 0) is 21.5 Å². The first-order valence-corrected chi connectivity index (χ1v) is 12.1. The molecular weight excluding hydrogens is 577 g/mol. The minimum Gasteiger partial charge on any atom is -0.490 e. The van der Waals surface area contributed by atoms with Crippen molar-refractivity contribution >= 4 is 46.2 Å². The van der Waals surface area contributed by atoms with Gasteiger partial charge in [-0.3, -0.25) is 19.8 Å². The van der Waals surface area contributed by atoms with E-state index in [0.29, 0.717) is 23.5 Å². The maximum Gasteiger partial charge on any atom is 0.307 e. The van der Waals surface area contributed by atoms with Crippen molar-refractivity contribution < 1.29 is 38.1 Å². The maximum absolute atomic E-state index is 15.2. The van der Waals surface area contributed by atoms with Crippen LogP contribution in [0.2, 0.25) is 0 Å². The number of halogens is 2. The third-order valence-corrected chi connectivity index (χ3v) is 6.41. The highest BCUT2D eigenvalue weighted by Crippen LogP contribution is 2.42. The minimum atomic E-state index is -1.19. The Bertz CT molecular complexity index is 1360. The Hall–Kier alpha value is -3.67. The second kappa shape index (κ2) is 11.2. The van der Waals surface area contributed by atoms with Crippen LogP contribution < -0.4 is 19.5 Å². The summed E-state index contributed by atoms with van der Waals surface area (Å²) in [6.45, 7) is 7.71. The van der Waals surface area contributed by atoms with Gasteiger partial charge in [0.05, 0.1) is 37.9 Å². The van der Waals surface area contributed by atoms with Crippen molar-refractivity contribution in [1.82, 2.24) is 4.90 Å². The van der Waals surface area contributed by atoms with E-state index in [1.54, 1.807) is 19.1 Å². The van der Waals surface area contributed by atoms with E-state index >= 15 is 4.39 Å². The summed E-state index contributed by atoms with van der Waals surface area (Å²) in [4.78, 5) is 38.5. The number of Topliss-reactive ketones (excluding diaryl/α,β-unsaturated/α-hetero) is 1. The topological polar surface area (TPSA) is 138 Å². The monoisotopic (exact) mass is 607 g/mol. The molecule has 1 unspecified atom stereocenters. The third-order valence-electron chi connectivity index (χ3n) is 6.41. The van der Waals surface area contributed by atoms with Gasteiger partial charge < -0.3 is 29.5 Å². The Morgan fingerprint density at radius 1 is 1.28 bits per heavy atom. The van der Waals surface area contributed by atoms with Gasteiger partial charge in [-0.15, -0.1) is 17.0 Å². The number of anilines is 1. The van der Waals surface area contributed by atoms with E-state index in [4.69, 9.17) is 24.7 Å². The van der Waals surface area contributed by atoms with Gasteiger partial charge in [-0.05, 0) is 36.1 Å². The number of carboxylic acid groups (broad SMARTS) is 1. The van der Waals surface area contributed by atoms with E-state index < -0.39 is 35.6 Å². The number of methoxy groups -OCH3 is 1. The van der Waals surface area contributed by atoms with Crippen LogP contribution in [0.4, 0.5) is 10.1 Å². The van der Waals surface area contributed by atoms with Gasteiger partial charge in [0.2, 0.25) is 0 Å². The smallest absolute Gasteiger partial charge is 0.307 e. The molecule has 0 saturated carbocycles. The second-order valence-corrected chi connectivity index (χ2v) is 10.2. The Labute approximate surface area is 235 Å². The summed E-state index contributed by atoms with van der Waals surface area (Å²) in [6, 6.07) is 4.75. The number of nitrogens with zero attached hydrogens (tertiary/aromatic N) is 1. The summed E-state index contributed by atoms with van der Waals surface area (Å²) < 4.78 is 31.7. The van der Waals surface area contributed by atoms with Crippen molar-refractivity contribution in [3.8, 4) is 17.2 Å². The average Bonchev–Trinajstić information content (AvgIpc) is 3.13. The van der Waals surface area contributed by atoms with Crippen molar-refractivity contribution in [2.24, 2.45) is 0 Å². The van der Waals surface area contributed by atoms with Crippen molar-refractivity contribution in [3.63, 3.8) is 0 Å². The molecule has 2 aliphatic rings. The number of aliphatic carboxylic acids is 1. The Kier molecular flexibility index (Phi) is 8.59. The molecule has 2 aromatic rings. The van der Waals surface area contributed by atoms with Crippen LogP contribution in [0.25, 0.3) is 0 Å². The van der Waals surface area contributed by atoms with Gasteiger partial charge in [0.25, 0.3) is 5.91 Å². The molecule has 0 aliphatic carbocycles.